The number of furan rings is 1. The minimum absolute atomic E-state index is 0.0439. The van der Waals surface area contributed by atoms with E-state index in [1.54, 1.807) is 22.6 Å². The lowest BCUT2D eigenvalue weighted by Gasteiger charge is -2.19. The smallest absolute Gasteiger partial charge is 0.262 e. The molecule has 5 heteroatoms. The van der Waals surface area contributed by atoms with Crippen molar-refractivity contribution in [3.8, 4) is 0 Å². The molecule has 2 aromatic heterocycles. The van der Waals surface area contributed by atoms with Crippen LogP contribution in [0.1, 0.15) is 37.7 Å². The zero-order valence-corrected chi connectivity index (χ0v) is 17.7. The normalized spacial score (nSPS) is 11.8. The summed E-state index contributed by atoms with van der Waals surface area (Å²) in [6, 6.07) is 19.9. The van der Waals surface area contributed by atoms with E-state index < -0.39 is 0 Å². The highest BCUT2D eigenvalue weighted by molar-refractivity contribution is 7.98. The van der Waals surface area contributed by atoms with Crippen LogP contribution in [0.4, 0.5) is 0 Å². The highest BCUT2D eigenvalue weighted by atomic mass is 32.2. The van der Waals surface area contributed by atoms with Crippen LogP contribution in [0, 0.1) is 0 Å². The Kier molecular flexibility index (Phi) is 5.33. The van der Waals surface area contributed by atoms with Gasteiger partial charge < -0.3 is 4.42 Å². The average Bonchev–Trinajstić information content (AvgIpc) is 3.22. The lowest BCUT2D eigenvalue weighted by atomic mass is 9.87. The van der Waals surface area contributed by atoms with Gasteiger partial charge in [0.1, 0.15) is 5.76 Å². The van der Waals surface area contributed by atoms with E-state index in [2.05, 4.69) is 45.0 Å². The fourth-order valence-electron chi connectivity index (χ4n) is 3.20. The number of nitrogens with zero attached hydrogens (tertiary/aromatic N) is 2. The SMILES string of the molecule is CC(C)(C)c1ccc(CSc2nc3ccccc3c(=O)n2Cc2ccco2)cc1. The van der Waals surface area contributed by atoms with Gasteiger partial charge in [0, 0.05) is 5.75 Å². The summed E-state index contributed by atoms with van der Waals surface area (Å²) in [5.74, 6) is 1.48. The molecule has 4 aromatic rings. The highest BCUT2D eigenvalue weighted by Gasteiger charge is 2.15. The molecule has 0 spiro atoms. The van der Waals surface area contributed by atoms with Crippen LogP contribution < -0.4 is 5.56 Å². The number of benzene rings is 2. The van der Waals surface area contributed by atoms with Gasteiger partial charge in [-0.05, 0) is 40.8 Å². The Morgan fingerprint density at radius 3 is 2.45 bits per heavy atom. The summed E-state index contributed by atoms with van der Waals surface area (Å²) >= 11 is 1.57. The summed E-state index contributed by atoms with van der Waals surface area (Å²) in [5, 5.41) is 1.32. The number of hydrogen-bond acceptors (Lipinski definition) is 4. The first-order valence-corrected chi connectivity index (χ1v) is 10.6. The van der Waals surface area contributed by atoms with Gasteiger partial charge >= 0.3 is 0 Å². The first-order chi connectivity index (χ1) is 13.9. The quantitative estimate of drug-likeness (QED) is 0.320. The van der Waals surface area contributed by atoms with Crippen LogP contribution in [-0.4, -0.2) is 9.55 Å². The second-order valence-corrected chi connectivity index (χ2v) is 9.06. The van der Waals surface area contributed by atoms with Gasteiger partial charge in [0.25, 0.3) is 5.56 Å². The Morgan fingerprint density at radius 1 is 1.00 bits per heavy atom. The van der Waals surface area contributed by atoms with Crippen molar-refractivity contribution >= 4 is 22.7 Å². The third-order valence-corrected chi connectivity index (χ3v) is 5.96. The molecule has 29 heavy (non-hydrogen) atoms. The Bertz CT molecular complexity index is 1170. The largest absolute Gasteiger partial charge is 0.467 e. The molecule has 2 aromatic carbocycles. The number of rotatable bonds is 5. The molecular formula is C24H24N2O2S. The summed E-state index contributed by atoms with van der Waals surface area (Å²) in [6.07, 6.45) is 1.62. The summed E-state index contributed by atoms with van der Waals surface area (Å²) in [5.41, 5.74) is 3.32. The van der Waals surface area contributed by atoms with Crippen molar-refractivity contribution in [2.45, 2.75) is 43.6 Å². The van der Waals surface area contributed by atoms with E-state index in [9.17, 15) is 4.79 Å². The van der Waals surface area contributed by atoms with E-state index in [4.69, 9.17) is 9.40 Å². The summed E-state index contributed by atoms with van der Waals surface area (Å²) in [6.45, 7) is 7.00. The molecule has 0 saturated heterocycles. The monoisotopic (exact) mass is 404 g/mol. The zero-order valence-electron chi connectivity index (χ0n) is 16.9. The molecule has 0 unspecified atom stereocenters. The molecule has 0 saturated carbocycles. The second-order valence-electron chi connectivity index (χ2n) is 8.12. The molecule has 2 heterocycles. The van der Waals surface area contributed by atoms with Gasteiger partial charge in [-0.15, -0.1) is 0 Å². The van der Waals surface area contributed by atoms with Crippen LogP contribution >= 0.6 is 11.8 Å². The molecule has 148 valence electrons. The second kappa shape index (κ2) is 7.91. The van der Waals surface area contributed by atoms with E-state index in [1.165, 1.54) is 11.1 Å². The standard InChI is InChI=1S/C24H24N2O2S/c1-24(2,3)18-12-10-17(11-13-18)16-29-23-25-21-9-5-4-8-20(21)22(27)26(23)15-19-7-6-14-28-19/h4-14H,15-16H2,1-3H3. The van der Waals surface area contributed by atoms with Gasteiger partial charge in [-0.3, -0.25) is 9.36 Å². The number of fused-ring (bicyclic) bond motifs is 1. The van der Waals surface area contributed by atoms with Crippen LogP contribution in [0.5, 0.6) is 0 Å². The first kappa shape index (κ1) is 19.5. The fraction of sp³-hybridized carbons (Fsp3) is 0.250. The van der Waals surface area contributed by atoms with Crippen LogP contribution in [-0.2, 0) is 17.7 Å². The van der Waals surface area contributed by atoms with Crippen LogP contribution in [0.2, 0.25) is 0 Å². The number of hydrogen-bond donors (Lipinski definition) is 0. The molecule has 0 radical (unpaired) electrons. The van der Waals surface area contributed by atoms with Crippen molar-refractivity contribution in [3.05, 3.63) is 94.2 Å². The Labute approximate surface area is 174 Å². The van der Waals surface area contributed by atoms with Crippen molar-refractivity contribution in [1.82, 2.24) is 9.55 Å². The maximum atomic E-state index is 13.1. The molecule has 0 bridgehead atoms. The average molecular weight is 405 g/mol. The van der Waals surface area contributed by atoms with Crippen molar-refractivity contribution in [3.63, 3.8) is 0 Å². The van der Waals surface area contributed by atoms with Crippen molar-refractivity contribution in [1.29, 1.82) is 0 Å². The Morgan fingerprint density at radius 2 is 1.76 bits per heavy atom. The molecule has 0 amide bonds. The number of aromatic nitrogens is 2. The fourth-order valence-corrected chi connectivity index (χ4v) is 4.16. The van der Waals surface area contributed by atoms with Gasteiger partial charge in [-0.25, -0.2) is 4.98 Å². The zero-order chi connectivity index (χ0) is 20.4. The third-order valence-electron chi connectivity index (χ3n) is 4.91. The molecule has 0 aliphatic rings. The first-order valence-electron chi connectivity index (χ1n) is 9.66. The van der Waals surface area contributed by atoms with Gasteiger partial charge in [0.2, 0.25) is 0 Å². The molecular weight excluding hydrogens is 380 g/mol. The summed E-state index contributed by atoms with van der Waals surface area (Å²) in [7, 11) is 0. The minimum atomic E-state index is -0.0439. The molecule has 0 fully saturated rings. The number of thioether (sulfide) groups is 1. The third kappa shape index (κ3) is 4.30. The maximum Gasteiger partial charge on any atom is 0.262 e. The van der Waals surface area contributed by atoms with E-state index in [0.29, 0.717) is 17.1 Å². The minimum Gasteiger partial charge on any atom is -0.467 e. The van der Waals surface area contributed by atoms with Gasteiger partial charge in [0.15, 0.2) is 5.16 Å². The van der Waals surface area contributed by atoms with Gasteiger partial charge in [-0.2, -0.15) is 0 Å². The molecule has 0 atom stereocenters. The van der Waals surface area contributed by atoms with Crippen molar-refractivity contribution in [2.75, 3.05) is 0 Å². The van der Waals surface area contributed by atoms with Crippen LogP contribution in [0.15, 0.2) is 81.3 Å². The van der Waals surface area contributed by atoms with Gasteiger partial charge in [0.05, 0.1) is 23.7 Å². The Balaban J connectivity index is 1.66. The molecule has 0 aliphatic carbocycles. The van der Waals surface area contributed by atoms with E-state index in [0.717, 1.165) is 17.0 Å². The highest BCUT2D eigenvalue weighted by Crippen LogP contribution is 2.26. The molecule has 4 rings (SSSR count). The Hall–Kier alpha value is -2.79. The molecule has 0 N–H and O–H groups in total. The van der Waals surface area contributed by atoms with E-state index in [-0.39, 0.29) is 11.0 Å². The number of para-hydroxylation sites is 1. The van der Waals surface area contributed by atoms with E-state index >= 15 is 0 Å². The van der Waals surface area contributed by atoms with Crippen LogP contribution in [0.25, 0.3) is 10.9 Å². The predicted octanol–water partition coefficient (Wildman–Crippen LogP) is 5.63. The predicted molar refractivity (Wildman–Crippen MR) is 119 cm³/mol. The lowest BCUT2D eigenvalue weighted by molar-refractivity contribution is 0.476. The van der Waals surface area contributed by atoms with E-state index in [1.807, 2.05) is 36.4 Å². The topological polar surface area (TPSA) is 48.0 Å². The van der Waals surface area contributed by atoms with Gasteiger partial charge in [-0.1, -0.05) is 68.9 Å². The van der Waals surface area contributed by atoms with Crippen molar-refractivity contribution in [2.24, 2.45) is 0 Å². The maximum absolute atomic E-state index is 13.1. The lowest BCUT2D eigenvalue weighted by Crippen LogP contribution is -2.23. The summed E-state index contributed by atoms with van der Waals surface area (Å²) < 4.78 is 7.17. The summed E-state index contributed by atoms with van der Waals surface area (Å²) in [4.78, 5) is 17.9. The van der Waals surface area contributed by atoms with Crippen molar-refractivity contribution < 1.29 is 4.42 Å². The van der Waals surface area contributed by atoms with Crippen LogP contribution in [0.3, 0.4) is 0 Å². The molecule has 4 nitrogen and oxygen atoms in total. The molecule has 0 aliphatic heterocycles.